The lowest BCUT2D eigenvalue weighted by Crippen LogP contribution is -2.25. The lowest BCUT2D eigenvalue weighted by Gasteiger charge is -2.19. The molecular formula is C12H15BrN2OS. The maximum atomic E-state index is 11.9. The molecule has 92 valence electrons. The number of nitrogens with zero attached hydrogens (tertiary/aromatic N) is 1. The number of carbonyl (C=O) groups excluding carboxylic acids is 1. The second-order valence-corrected chi connectivity index (χ2v) is 5.64. The summed E-state index contributed by atoms with van der Waals surface area (Å²) in [6, 6.07) is 3.81. The number of nitrogen functional groups attached to an aromatic ring is 1. The van der Waals surface area contributed by atoms with Gasteiger partial charge in [-0.2, -0.15) is 12.6 Å². The van der Waals surface area contributed by atoms with Crippen LogP contribution >= 0.6 is 28.6 Å². The number of benzene rings is 1. The van der Waals surface area contributed by atoms with Crippen LogP contribution in [0.1, 0.15) is 12.0 Å². The van der Waals surface area contributed by atoms with E-state index in [1.165, 1.54) is 0 Å². The van der Waals surface area contributed by atoms with Crippen LogP contribution in [-0.2, 0) is 4.79 Å². The molecule has 0 aliphatic carbocycles. The average Bonchev–Trinajstić information content (AvgIpc) is 2.65. The second-order valence-electron chi connectivity index (χ2n) is 4.42. The third-order valence-corrected chi connectivity index (χ3v) is 4.43. The molecule has 5 heteroatoms. The lowest BCUT2D eigenvalue weighted by molar-refractivity contribution is -0.117. The van der Waals surface area contributed by atoms with Crippen molar-refractivity contribution in [3.63, 3.8) is 0 Å². The highest BCUT2D eigenvalue weighted by Gasteiger charge is 2.30. The molecule has 1 atom stereocenters. The van der Waals surface area contributed by atoms with Gasteiger partial charge in [0.25, 0.3) is 0 Å². The minimum atomic E-state index is 0.137. The predicted molar refractivity (Wildman–Crippen MR) is 77.6 cm³/mol. The summed E-state index contributed by atoms with van der Waals surface area (Å²) >= 11 is 7.69. The summed E-state index contributed by atoms with van der Waals surface area (Å²) in [6.07, 6.45) is 0.568. The standard InChI is InChI=1S/C12H15BrN2OS/c1-7-2-11(10(14)4-9(7)13)15-5-8(6-17)3-12(15)16/h2,4,8,17H,3,5-6,14H2,1H3. The van der Waals surface area contributed by atoms with Crippen LogP contribution in [-0.4, -0.2) is 18.2 Å². The Hall–Kier alpha value is -0.680. The molecule has 1 aromatic carbocycles. The van der Waals surface area contributed by atoms with Crippen LogP contribution in [0.25, 0.3) is 0 Å². The monoisotopic (exact) mass is 314 g/mol. The fraction of sp³-hybridized carbons (Fsp3) is 0.417. The van der Waals surface area contributed by atoms with Crippen LogP contribution in [0.4, 0.5) is 11.4 Å². The van der Waals surface area contributed by atoms with Gasteiger partial charge in [0.1, 0.15) is 0 Å². The molecule has 1 heterocycles. The highest BCUT2D eigenvalue weighted by atomic mass is 79.9. The van der Waals surface area contributed by atoms with Gasteiger partial charge in [-0.05, 0) is 36.3 Å². The number of hydrogen-bond acceptors (Lipinski definition) is 3. The number of carbonyl (C=O) groups is 1. The van der Waals surface area contributed by atoms with Gasteiger partial charge in [0, 0.05) is 17.4 Å². The van der Waals surface area contributed by atoms with E-state index in [9.17, 15) is 4.79 Å². The Morgan fingerprint density at radius 1 is 1.59 bits per heavy atom. The van der Waals surface area contributed by atoms with Crippen molar-refractivity contribution >= 4 is 45.8 Å². The molecule has 2 N–H and O–H groups in total. The fourth-order valence-electron chi connectivity index (χ4n) is 2.05. The first kappa shape index (κ1) is 12.8. The molecule has 1 aromatic rings. The van der Waals surface area contributed by atoms with Gasteiger partial charge in [-0.1, -0.05) is 15.9 Å². The van der Waals surface area contributed by atoms with Crippen LogP contribution in [0.15, 0.2) is 16.6 Å². The van der Waals surface area contributed by atoms with Gasteiger partial charge >= 0.3 is 0 Å². The van der Waals surface area contributed by atoms with Gasteiger partial charge in [0.2, 0.25) is 5.91 Å². The smallest absolute Gasteiger partial charge is 0.227 e. The van der Waals surface area contributed by atoms with Crippen molar-refractivity contribution in [2.75, 3.05) is 22.9 Å². The number of halogens is 1. The molecule has 1 fully saturated rings. The first-order valence-electron chi connectivity index (χ1n) is 5.49. The van der Waals surface area contributed by atoms with Gasteiger partial charge in [0.15, 0.2) is 0 Å². The molecule has 1 aliphatic rings. The van der Waals surface area contributed by atoms with Crippen LogP contribution < -0.4 is 10.6 Å². The van der Waals surface area contributed by atoms with Gasteiger partial charge < -0.3 is 10.6 Å². The highest BCUT2D eigenvalue weighted by molar-refractivity contribution is 9.10. The van der Waals surface area contributed by atoms with E-state index in [0.29, 0.717) is 24.6 Å². The zero-order chi connectivity index (χ0) is 12.6. The minimum Gasteiger partial charge on any atom is -0.397 e. The number of thiol groups is 1. The number of nitrogens with two attached hydrogens (primary N) is 1. The Morgan fingerprint density at radius 2 is 2.29 bits per heavy atom. The molecule has 0 spiro atoms. The number of hydrogen-bond donors (Lipinski definition) is 2. The maximum absolute atomic E-state index is 11.9. The van der Waals surface area contributed by atoms with E-state index in [0.717, 1.165) is 21.5 Å². The zero-order valence-electron chi connectivity index (χ0n) is 9.61. The molecule has 3 nitrogen and oxygen atoms in total. The third kappa shape index (κ3) is 2.45. The van der Waals surface area contributed by atoms with Gasteiger partial charge in [-0.15, -0.1) is 0 Å². The Morgan fingerprint density at radius 3 is 2.88 bits per heavy atom. The van der Waals surface area contributed by atoms with E-state index in [-0.39, 0.29) is 5.91 Å². The lowest BCUT2D eigenvalue weighted by atomic mass is 10.1. The van der Waals surface area contributed by atoms with Crippen LogP contribution in [0.5, 0.6) is 0 Å². The summed E-state index contributed by atoms with van der Waals surface area (Å²) in [4.78, 5) is 13.7. The van der Waals surface area contributed by atoms with Crippen molar-refractivity contribution in [3.05, 3.63) is 22.2 Å². The van der Waals surface area contributed by atoms with Gasteiger partial charge in [-0.25, -0.2) is 0 Å². The normalized spacial score (nSPS) is 20.1. The third-order valence-electron chi connectivity index (χ3n) is 3.06. The summed E-state index contributed by atoms with van der Waals surface area (Å²) in [6.45, 7) is 2.71. The van der Waals surface area contributed by atoms with Crippen molar-refractivity contribution in [2.24, 2.45) is 5.92 Å². The number of amides is 1. The molecule has 2 rings (SSSR count). The Labute approximate surface area is 115 Å². The zero-order valence-corrected chi connectivity index (χ0v) is 12.1. The van der Waals surface area contributed by atoms with Gasteiger partial charge in [0.05, 0.1) is 11.4 Å². The van der Waals surface area contributed by atoms with Crippen molar-refractivity contribution < 1.29 is 4.79 Å². The van der Waals surface area contributed by atoms with Crippen LogP contribution in [0.2, 0.25) is 0 Å². The first-order chi connectivity index (χ1) is 8.02. The van der Waals surface area contributed by atoms with E-state index in [4.69, 9.17) is 5.73 Å². The highest BCUT2D eigenvalue weighted by Crippen LogP contribution is 2.33. The van der Waals surface area contributed by atoms with Crippen molar-refractivity contribution in [1.29, 1.82) is 0 Å². The van der Waals surface area contributed by atoms with E-state index < -0.39 is 0 Å². The van der Waals surface area contributed by atoms with Crippen molar-refractivity contribution in [2.45, 2.75) is 13.3 Å². The molecular weight excluding hydrogens is 300 g/mol. The van der Waals surface area contributed by atoms with Gasteiger partial charge in [-0.3, -0.25) is 4.79 Å². The summed E-state index contributed by atoms with van der Waals surface area (Å²) in [5, 5.41) is 0. The molecule has 0 radical (unpaired) electrons. The van der Waals surface area contributed by atoms with Crippen LogP contribution in [0, 0.1) is 12.8 Å². The predicted octanol–water partition coefficient (Wildman–Crippen LogP) is 2.62. The summed E-state index contributed by atoms with van der Waals surface area (Å²) in [5.74, 6) is 1.20. The maximum Gasteiger partial charge on any atom is 0.227 e. The number of rotatable bonds is 2. The van der Waals surface area contributed by atoms with E-state index >= 15 is 0 Å². The first-order valence-corrected chi connectivity index (χ1v) is 6.92. The molecule has 1 amide bonds. The fourth-order valence-corrected chi connectivity index (χ4v) is 2.66. The molecule has 0 aromatic heterocycles. The second kappa shape index (κ2) is 4.90. The summed E-state index contributed by atoms with van der Waals surface area (Å²) < 4.78 is 0.969. The Kier molecular flexibility index (Phi) is 3.68. The number of anilines is 2. The van der Waals surface area contributed by atoms with E-state index in [1.54, 1.807) is 4.90 Å². The molecule has 1 aliphatic heterocycles. The van der Waals surface area contributed by atoms with E-state index in [2.05, 4.69) is 28.6 Å². The number of aryl methyl sites for hydroxylation is 1. The Balaban J connectivity index is 2.35. The Bertz CT molecular complexity index is 464. The molecule has 0 bridgehead atoms. The largest absolute Gasteiger partial charge is 0.397 e. The minimum absolute atomic E-state index is 0.137. The topological polar surface area (TPSA) is 46.3 Å². The van der Waals surface area contributed by atoms with E-state index in [1.807, 2.05) is 19.1 Å². The molecule has 17 heavy (non-hydrogen) atoms. The average molecular weight is 315 g/mol. The van der Waals surface area contributed by atoms with Crippen molar-refractivity contribution in [1.82, 2.24) is 0 Å². The van der Waals surface area contributed by atoms with Crippen LogP contribution in [0.3, 0.4) is 0 Å². The molecule has 1 unspecified atom stereocenters. The molecule has 0 saturated carbocycles. The SMILES string of the molecule is Cc1cc(N2CC(CS)CC2=O)c(N)cc1Br. The van der Waals surface area contributed by atoms with Crippen molar-refractivity contribution in [3.8, 4) is 0 Å². The quantitative estimate of drug-likeness (QED) is 0.651. The summed E-state index contributed by atoms with van der Waals surface area (Å²) in [7, 11) is 0. The molecule has 1 saturated heterocycles. The summed E-state index contributed by atoms with van der Waals surface area (Å²) in [5.41, 5.74) is 8.51.